The molecule has 1 aliphatic rings. The van der Waals surface area contributed by atoms with Crippen LogP contribution in [0.5, 0.6) is 0 Å². The van der Waals surface area contributed by atoms with E-state index in [0.29, 0.717) is 25.3 Å². The number of aliphatic hydroxyl groups excluding tert-OH is 1. The van der Waals surface area contributed by atoms with Gasteiger partial charge in [0.05, 0.1) is 24.4 Å². The van der Waals surface area contributed by atoms with Gasteiger partial charge in [0.2, 0.25) is 0 Å². The predicted molar refractivity (Wildman–Crippen MR) is 190 cm³/mol. The lowest BCUT2D eigenvalue weighted by molar-refractivity contribution is -0.245. The standard InChI is InChI=1S/C40H38N2O6S/c43-25-28-10-12-30(13-11-28)37-22-34(26-49-35-20-18-31(19-21-35)38(44)45)47-39(48-37)32-16-14-29(15-17-32)36-9-5-4-8-33(36)24-42-40(46)41-23-27-6-2-1-3-7-27/h1-21,34,37,39,43H,22-26H2,(H,44,45)(H2,41,42,46). The van der Waals surface area contributed by atoms with Crippen molar-refractivity contribution < 1.29 is 29.3 Å². The molecule has 1 aliphatic heterocycles. The highest BCUT2D eigenvalue weighted by Gasteiger charge is 2.32. The normalized spacial score (nSPS) is 17.3. The van der Waals surface area contributed by atoms with Crippen LogP contribution in [-0.4, -0.2) is 34.1 Å². The summed E-state index contributed by atoms with van der Waals surface area (Å²) in [5.74, 6) is -0.287. The Bertz CT molecular complexity index is 1830. The molecule has 0 spiro atoms. The Morgan fingerprint density at radius 1 is 0.714 bits per heavy atom. The molecule has 0 aliphatic carbocycles. The number of thioether (sulfide) groups is 1. The molecule has 0 saturated carbocycles. The fourth-order valence-corrected chi connectivity index (χ4v) is 6.62. The molecule has 6 rings (SSSR count). The lowest BCUT2D eigenvalue weighted by atomic mass is 9.98. The van der Waals surface area contributed by atoms with Crippen molar-refractivity contribution in [2.45, 2.75) is 49.5 Å². The third-order valence-corrected chi connectivity index (χ3v) is 9.54. The Balaban J connectivity index is 1.14. The summed E-state index contributed by atoms with van der Waals surface area (Å²) in [4.78, 5) is 24.8. The Morgan fingerprint density at radius 2 is 1.39 bits per heavy atom. The second-order valence-electron chi connectivity index (χ2n) is 11.8. The quantitative estimate of drug-likeness (QED) is 0.0995. The topological polar surface area (TPSA) is 117 Å². The fraction of sp³-hybridized carbons (Fsp3) is 0.200. The lowest BCUT2D eigenvalue weighted by Gasteiger charge is -2.36. The van der Waals surface area contributed by atoms with Crippen molar-refractivity contribution in [2.24, 2.45) is 0 Å². The van der Waals surface area contributed by atoms with E-state index in [1.54, 1.807) is 23.9 Å². The van der Waals surface area contributed by atoms with E-state index in [2.05, 4.69) is 10.6 Å². The molecular weight excluding hydrogens is 637 g/mol. The average molecular weight is 675 g/mol. The van der Waals surface area contributed by atoms with E-state index in [0.717, 1.165) is 43.8 Å². The van der Waals surface area contributed by atoms with E-state index in [9.17, 15) is 19.8 Å². The number of amides is 2. The van der Waals surface area contributed by atoms with Crippen LogP contribution in [0.2, 0.25) is 0 Å². The van der Waals surface area contributed by atoms with E-state index in [-0.39, 0.29) is 30.4 Å². The molecule has 8 nitrogen and oxygen atoms in total. The summed E-state index contributed by atoms with van der Waals surface area (Å²) < 4.78 is 13.0. The van der Waals surface area contributed by atoms with Crippen LogP contribution in [0.3, 0.4) is 0 Å². The number of hydrogen-bond donors (Lipinski definition) is 4. The highest BCUT2D eigenvalue weighted by molar-refractivity contribution is 7.99. The van der Waals surface area contributed by atoms with Gasteiger partial charge in [-0.25, -0.2) is 9.59 Å². The third-order valence-electron chi connectivity index (χ3n) is 8.40. The Labute approximate surface area is 290 Å². The Hall–Kier alpha value is -4.93. The molecule has 3 atom stereocenters. The minimum Gasteiger partial charge on any atom is -0.478 e. The van der Waals surface area contributed by atoms with Crippen molar-refractivity contribution >= 4 is 23.8 Å². The molecule has 2 amide bonds. The van der Waals surface area contributed by atoms with Crippen molar-refractivity contribution in [3.8, 4) is 11.1 Å². The van der Waals surface area contributed by atoms with Crippen LogP contribution in [0.15, 0.2) is 132 Å². The molecule has 9 heteroatoms. The molecule has 1 heterocycles. The number of benzene rings is 5. The summed E-state index contributed by atoms with van der Waals surface area (Å²) in [6.07, 6.45) is -0.307. The van der Waals surface area contributed by atoms with Crippen LogP contribution in [0.4, 0.5) is 4.79 Å². The van der Waals surface area contributed by atoms with Crippen LogP contribution in [0.1, 0.15) is 57.0 Å². The molecule has 49 heavy (non-hydrogen) atoms. The fourth-order valence-electron chi connectivity index (χ4n) is 5.70. The SMILES string of the molecule is O=C(NCc1ccccc1)NCc1ccccc1-c1ccc(C2OC(CSc3ccc(C(=O)O)cc3)CC(c3ccc(CO)cc3)O2)cc1. The van der Waals surface area contributed by atoms with Crippen molar-refractivity contribution in [3.05, 3.63) is 161 Å². The van der Waals surface area contributed by atoms with Gasteiger partial charge in [-0.1, -0.05) is 103 Å². The number of carboxylic acid groups (broad SMARTS) is 1. The highest BCUT2D eigenvalue weighted by atomic mass is 32.2. The summed E-state index contributed by atoms with van der Waals surface area (Å²) >= 11 is 1.62. The first-order chi connectivity index (χ1) is 23.9. The molecule has 5 aromatic rings. The van der Waals surface area contributed by atoms with E-state index in [4.69, 9.17) is 9.47 Å². The van der Waals surface area contributed by atoms with Gasteiger partial charge in [0.15, 0.2) is 6.29 Å². The van der Waals surface area contributed by atoms with E-state index >= 15 is 0 Å². The maximum absolute atomic E-state index is 12.5. The van der Waals surface area contributed by atoms with Crippen molar-refractivity contribution in [1.29, 1.82) is 0 Å². The minimum absolute atomic E-state index is 0.0233. The minimum atomic E-state index is -0.949. The first-order valence-electron chi connectivity index (χ1n) is 16.2. The van der Waals surface area contributed by atoms with Crippen molar-refractivity contribution in [2.75, 3.05) is 5.75 Å². The van der Waals surface area contributed by atoms with Gasteiger partial charge >= 0.3 is 12.0 Å². The summed E-state index contributed by atoms with van der Waals surface area (Å²) in [6.45, 7) is 0.808. The molecule has 0 aromatic heterocycles. The number of nitrogens with one attached hydrogen (secondary N) is 2. The number of rotatable bonds is 12. The zero-order valence-corrected chi connectivity index (χ0v) is 27.6. The van der Waals surface area contributed by atoms with Gasteiger partial charge in [-0.2, -0.15) is 0 Å². The van der Waals surface area contributed by atoms with Crippen LogP contribution in [0.25, 0.3) is 11.1 Å². The first-order valence-corrected chi connectivity index (χ1v) is 17.1. The summed E-state index contributed by atoms with van der Waals surface area (Å²) in [7, 11) is 0. The largest absolute Gasteiger partial charge is 0.478 e. The molecule has 5 aromatic carbocycles. The number of carbonyl (C=O) groups excluding carboxylic acids is 1. The molecular formula is C40H38N2O6S. The van der Waals surface area contributed by atoms with E-state index in [1.165, 1.54) is 0 Å². The Kier molecular flexibility index (Phi) is 11.4. The molecule has 1 fully saturated rings. The third kappa shape index (κ3) is 9.16. The first kappa shape index (κ1) is 34.0. The average Bonchev–Trinajstić information content (AvgIpc) is 3.16. The smallest absolute Gasteiger partial charge is 0.335 e. The second kappa shape index (κ2) is 16.5. The molecule has 4 N–H and O–H groups in total. The van der Waals surface area contributed by atoms with Gasteiger partial charge in [-0.15, -0.1) is 11.8 Å². The maximum atomic E-state index is 12.5. The number of carboxylic acids is 1. The molecule has 0 bridgehead atoms. The van der Waals surface area contributed by atoms with Crippen LogP contribution < -0.4 is 10.6 Å². The maximum Gasteiger partial charge on any atom is 0.335 e. The summed E-state index contributed by atoms with van der Waals surface area (Å²) in [5, 5.41) is 24.6. The molecule has 3 unspecified atom stereocenters. The summed E-state index contributed by atoms with van der Waals surface area (Å²) in [6, 6.07) is 40.3. The monoisotopic (exact) mass is 674 g/mol. The number of aromatic carboxylic acids is 1. The van der Waals surface area contributed by atoms with Gasteiger partial charge in [-0.3, -0.25) is 0 Å². The Morgan fingerprint density at radius 3 is 2.10 bits per heavy atom. The van der Waals surface area contributed by atoms with Crippen LogP contribution in [-0.2, 0) is 29.2 Å². The van der Waals surface area contributed by atoms with E-state index < -0.39 is 12.3 Å². The highest BCUT2D eigenvalue weighted by Crippen LogP contribution is 2.40. The van der Waals surface area contributed by atoms with Gasteiger partial charge in [0.1, 0.15) is 0 Å². The zero-order chi connectivity index (χ0) is 34.0. The van der Waals surface area contributed by atoms with Crippen molar-refractivity contribution in [1.82, 2.24) is 10.6 Å². The molecule has 250 valence electrons. The number of hydrogen-bond acceptors (Lipinski definition) is 6. The van der Waals surface area contributed by atoms with Gasteiger partial charge in [0, 0.05) is 35.7 Å². The second-order valence-corrected chi connectivity index (χ2v) is 12.9. The molecule has 1 saturated heterocycles. The predicted octanol–water partition coefficient (Wildman–Crippen LogP) is 7.88. The van der Waals surface area contributed by atoms with Crippen LogP contribution >= 0.6 is 11.8 Å². The van der Waals surface area contributed by atoms with Gasteiger partial charge in [0.25, 0.3) is 0 Å². The molecule has 0 radical (unpaired) electrons. The number of aliphatic hydroxyl groups is 1. The zero-order valence-electron chi connectivity index (χ0n) is 26.8. The summed E-state index contributed by atoms with van der Waals surface area (Å²) in [5.41, 5.74) is 7.05. The number of urea groups is 1. The van der Waals surface area contributed by atoms with Crippen LogP contribution in [0, 0.1) is 0 Å². The number of carbonyl (C=O) groups is 2. The number of ether oxygens (including phenoxy) is 2. The lowest BCUT2D eigenvalue weighted by Crippen LogP contribution is -2.34. The van der Waals surface area contributed by atoms with Gasteiger partial charge < -0.3 is 30.3 Å². The van der Waals surface area contributed by atoms with Crippen molar-refractivity contribution in [3.63, 3.8) is 0 Å². The van der Waals surface area contributed by atoms with E-state index in [1.807, 2.05) is 115 Å². The van der Waals surface area contributed by atoms with Gasteiger partial charge in [-0.05, 0) is 57.6 Å².